The summed E-state index contributed by atoms with van der Waals surface area (Å²) < 4.78 is 10.5. The molecule has 1 fully saturated rings. The van der Waals surface area contributed by atoms with Gasteiger partial charge >= 0.3 is 5.97 Å². The summed E-state index contributed by atoms with van der Waals surface area (Å²) >= 11 is 0. The van der Waals surface area contributed by atoms with E-state index in [-0.39, 0.29) is 18.4 Å². The topological polar surface area (TPSA) is 76.1 Å². The Hall–Kier alpha value is -2.08. The maximum Gasteiger partial charge on any atom is 0.328 e. The number of rotatable bonds is 6. The Kier molecular flexibility index (Phi) is 5.98. The van der Waals surface area contributed by atoms with Gasteiger partial charge in [0.2, 0.25) is 5.91 Å². The summed E-state index contributed by atoms with van der Waals surface area (Å²) in [6, 6.07) is 6.84. The fraction of sp³-hybridized carbons (Fsp3) is 0.529. The van der Waals surface area contributed by atoms with Crippen molar-refractivity contribution in [1.29, 1.82) is 0 Å². The monoisotopic (exact) mass is 321 g/mol. The molecular formula is C17H23NO5. The van der Waals surface area contributed by atoms with Crippen molar-refractivity contribution in [3.8, 4) is 5.75 Å². The van der Waals surface area contributed by atoms with Crippen LogP contribution in [-0.2, 0) is 20.7 Å². The number of aliphatic carboxylic acids is 1. The highest BCUT2D eigenvalue weighted by molar-refractivity contribution is 5.84. The number of carbonyl (C=O) groups is 2. The highest BCUT2D eigenvalue weighted by Crippen LogP contribution is 2.23. The minimum absolute atomic E-state index is 0.0575. The molecule has 0 aromatic heterocycles. The molecule has 1 N–H and O–H groups in total. The van der Waals surface area contributed by atoms with Crippen LogP contribution in [0.1, 0.15) is 18.9 Å². The zero-order chi connectivity index (χ0) is 16.8. The van der Waals surface area contributed by atoms with Gasteiger partial charge in [-0.25, -0.2) is 4.79 Å². The summed E-state index contributed by atoms with van der Waals surface area (Å²) in [6.07, 6.45) is 1.01. The van der Waals surface area contributed by atoms with E-state index in [9.17, 15) is 14.7 Å². The normalized spacial score (nSPS) is 19.2. The van der Waals surface area contributed by atoms with Crippen LogP contribution in [0, 0.1) is 5.92 Å². The molecule has 1 heterocycles. The van der Waals surface area contributed by atoms with E-state index in [1.807, 2.05) is 31.2 Å². The molecule has 1 aromatic carbocycles. The molecule has 0 saturated carbocycles. The van der Waals surface area contributed by atoms with E-state index < -0.39 is 12.0 Å². The van der Waals surface area contributed by atoms with Crippen LogP contribution in [0.2, 0.25) is 0 Å². The lowest BCUT2D eigenvalue weighted by atomic mass is 9.96. The average Bonchev–Trinajstić information content (AvgIpc) is 2.55. The molecule has 2 unspecified atom stereocenters. The lowest BCUT2D eigenvalue weighted by Crippen LogP contribution is -2.52. The van der Waals surface area contributed by atoms with Crippen LogP contribution < -0.4 is 4.74 Å². The van der Waals surface area contributed by atoms with Crippen molar-refractivity contribution in [3.63, 3.8) is 0 Å². The van der Waals surface area contributed by atoms with Crippen LogP contribution in [0.15, 0.2) is 24.3 Å². The van der Waals surface area contributed by atoms with E-state index >= 15 is 0 Å². The van der Waals surface area contributed by atoms with Gasteiger partial charge in [0, 0.05) is 13.0 Å². The van der Waals surface area contributed by atoms with Crippen LogP contribution in [0.4, 0.5) is 0 Å². The summed E-state index contributed by atoms with van der Waals surface area (Å²) in [5.74, 6) is -0.254. The number of amides is 1. The van der Waals surface area contributed by atoms with Crippen molar-refractivity contribution in [2.24, 2.45) is 5.92 Å². The van der Waals surface area contributed by atoms with Gasteiger partial charge in [-0.15, -0.1) is 0 Å². The Morgan fingerprint density at radius 1 is 1.43 bits per heavy atom. The molecule has 0 aliphatic carbocycles. The molecule has 126 valence electrons. The van der Waals surface area contributed by atoms with Gasteiger partial charge in [0.25, 0.3) is 0 Å². The molecule has 6 nitrogen and oxygen atoms in total. The van der Waals surface area contributed by atoms with E-state index in [4.69, 9.17) is 9.47 Å². The number of carbonyl (C=O) groups excluding carboxylic acids is 1. The highest BCUT2D eigenvalue weighted by atomic mass is 16.5. The van der Waals surface area contributed by atoms with E-state index in [0.29, 0.717) is 26.0 Å². The van der Waals surface area contributed by atoms with Crippen LogP contribution in [0.5, 0.6) is 5.75 Å². The molecule has 1 aromatic rings. The summed E-state index contributed by atoms with van der Waals surface area (Å²) in [5.41, 5.74) is 1.05. The first-order valence-electron chi connectivity index (χ1n) is 7.74. The Balaban J connectivity index is 1.97. The molecular weight excluding hydrogens is 298 g/mol. The SMILES string of the molecule is COc1ccccc1CC(C)CC(=O)N1CCOCC1C(=O)O. The zero-order valence-electron chi connectivity index (χ0n) is 13.5. The maximum atomic E-state index is 12.4. The second-order valence-electron chi connectivity index (χ2n) is 5.84. The molecule has 0 bridgehead atoms. The molecule has 1 saturated heterocycles. The van der Waals surface area contributed by atoms with Crippen molar-refractivity contribution in [2.45, 2.75) is 25.8 Å². The van der Waals surface area contributed by atoms with E-state index in [2.05, 4.69) is 0 Å². The van der Waals surface area contributed by atoms with Crippen molar-refractivity contribution in [3.05, 3.63) is 29.8 Å². The standard InChI is InChI=1S/C17H23NO5/c1-12(9-13-5-3-4-6-15(13)22-2)10-16(19)18-7-8-23-11-14(18)17(20)21/h3-6,12,14H,7-11H2,1-2H3,(H,20,21). The second-order valence-corrected chi connectivity index (χ2v) is 5.84. The fourth-order valence-electron chi connectivity index (χ4n) is 2.84. The summed E-state index contributed by atoms with van der Waals surface area (Å²) in [4.78, 5) is 25.1. The number of hydrogen-bond donors (Lipinski definition) is 1. The molecule has 6 heteroatoms. The number of ether oxygens (including phenoxy) is 2. The van der Waals surface area contributed by atoms with E-state index in [1.165, 1.54) is 4.90 Å². The Morgan fingerprint density at radius 3 is 2.87 bits per heavy atom. The molecule has 2 rings (SSSR count). The minimum Gasteiger partial charge on any atom is -0.496 e. The quantitative estimate of drug-likeness (QED) is 0.861. The van der Waals surface area contributed by atoms with Crippen molar-refractivity contribution in [2.75, 3.05) is 26.9 Å². The molecule has 1 aliphatic heterocycles. The van der Waals surface area contributed by atoms with Gasteiger partial charge in [-0.1, -0.05) is 25.1 Å². The number of para-hydroxylation sites is 1. The van der Waals surface area contributed by atoms with Crippen molar-refractivity contribution < 1.29 is 24.2 Å². The number of methoxy groups -OCH3 is 1. The van der Waals surface area contributed by atoms with Gasteiger partial charge in [0.05, 0.1) is 20.3 Å². The molecule has 0 spiro atoms. The zero-order valence-corrected chi connectivity index (χ0v) is 13.5. The van der Waals surface area contributed by atoms with E-state index in [1.54, 1.807) is 7.11 Å². The lowest BCUT2D eigenvalue weighted by Gasteiger charge is -2.33. The third-order valence-electron chi connectivity index (χ3n) is 4.02. The first kappa shape index (κ1) is 17.3. The van der Waals surface area contributed by atoms with Crippen LogP contribution >= 0.6 is 0 Å². The van der Waals surface area contributed by atoms with Crippen LogP contribution in [0.3, 0.4) is 0 Å². The largest absolute Gasteiger partial charge is 0.496 e. The van der Waals surface area contributed by atoms with Crippen molar-refractivity contribution >= 4 is 11.9 Å². The lowest BCUT2D eigenvalue weighted by molar-refractivity contribution is -0.158. The van der Waals surface area contributed by atoms with Gasteiger partial charge in [-0.05, 0) is 24.0 Å². The fourth-order valence-corrected chi connectivity index (χ4v) is 2.84. The first-order valence-corrected chi connectivity index (χ1v) is 7.74. The number of nitrogens with zero attached hydrogens (tertiary/aromatic N) is 1. The predicted molar refractivity (Wildman–Crippen MR) is 84.4 cm³/mol. The third-order valence-corrected chi connectivity index (χ3v) is 4.02. The molecule has 23 heavy (non-hydrogen) atoms. The van der Waals surface area contributed by atoms with Gasteiger partial charge in [-0.2, -0.15) is 0 Å². The van der Waals surface area contributed by atoms with Crippen LogP contribution in [-0.4, -0.2) is 54.8 Å². The molecule has 2 atom stereocenters. The van der Waals surface area contributed by atoms with E-state index in [0.717, 1.165) is 11.3 Å². The van der Waals surface area contributed by atoms with Crippen LogP contribution in [0.25, 0.3) is 0 Å². The number of benzene rings is 1. The number of hydrogen-bond acceptors (Lipinski definition) is 4. The Morgan fingerprint density at radius 2 is 2.17 bits per heavy atom. The summed E-state index contributed by atoms with van der Waals surface area (Å²) in [5, 5.41) is 9.20. The summed E-state index contributed by atoms with van der Waals surface area (Å²) in [7, 11) is 1.62. The maximum absolute atomic E-state index is 12.4. The molecule has 0 radical (unpaired) electrons. The number of carboxylic acids is 1. The minimum atomic E-state index is -1.02. The number of morpholine rings is 1. The van der Waals surface area contributed by atoms with Gasteiger partial charge in [-0.3, -0.25) is 4.79 Å². The third kappa shape index (κ3) is 4.45. The van der Waals surface area contributed by atoms with Gasteiger partial charge < -0.3 is 19.5 Å². The molecule has 1 aliphatic rings. The Bertz CT molecular complexity index is 560. The van der Waals surface area contributed by atoms with Gasteiger partial charge in [0.1, 0.15) is 5.75 Å². The smallest absolute Gasteiger partial charge is 0.328 e. The molecule has 1 amide bonds. The van der Waals surface area contributed by atoms with Gasteiger partial charge in [0.15, 0.2) is 6.04 Å². The number of carboxylic acid groups (broad SMARTS) is 1. The predicted octanol–water partition coefficient (Wildman–Crippen LogP) is 1.58. The first-order chi connectivity index (χ1) is 11.0. The average molecular weight is 321 g/mol. The van der Waals surface area contributed by atoms with Crippen molar-refractivity contribution in [1.82, 2.24) is 4.90 Å². The highest BCUT2D eigenvalue weighted by Gasteiger charge is 2.33. The summed E-state index contributed by atoms with van der Waals surface area (Å²) in [6.45, 7) is 2.76. The second kappa shape index (κ2) is 7.97. The Labute approximate surface area is 136 Å².